The van der Waals surface area contributed by atoms with Gasteiger partial charge < -0.3 is 20.6 Å². The second kappa shape index (κ2) is 7.88. The monoisotopic (exact) mass is 293 g/mol. The number of carboxylic acids is 1. The molecule has 3 amide bonds. The third-order valence-corrected chi connectivity index (χ3v) is 2.83. The smallest absolute Gasteiger partial charge is 0.335 e. The fourth-order valence-corrected chi connectivity index (χ4v) is 1.63. The van der Waals surface area contributed by atoms with Crippen LogP contribution in [0.15, 0.2) is 24.3 Å². The fourth-order valence-electron chi connectivity index (χ4n) is 1.63. The van der Waals surface area contributed by atoms with Crippen molar-refractivity contribution in [2.24, 2.45) is 0 Å². The zero-order valence-corrected chi connectivity index (χ0v) is 12.0. The van der Waals surface area contributed by atoms with E-state index in [9.17, 15) is 14.4 Å². The summed E-state index contributed by atoms with van der Waals surface area (Å²) in [6, 6.07) is 6.17. The summed E-state index contributed by atoms with van der Waals surface area (Å²) in [5.74, 6) is -1.20. The van der Waals surface area contributed by atoms with Gasteiger partial charge in [0.05, 0.1) is 12.1 Å². The van der Waals surface area contributed by atoms with Gasteiger partial charge in [-0.05, 0) is 18.1 Å². The number of rotatable bonds is 6. The van der Waals surface area contributed by atoms with Crippen LogP contribution in [-0.2, 0) is 11.2 Å². The normalized spacial score (nSPS) is 9.81. The Bertz CT molecular complexity index is 529. The number of benzene rings is 1. The number of hydrogen-bond donors (Lipinski definition) is 3. The molecule has 0 aliphatic carbocycles. The summed E-state index contributed by atoms with van der Waals surface area (Å²) >= 11 is 0. The Morgan fingerprint density at radius 1 is 1.14 bits per heavy atom. The Morgan fingerprint density at radius 2 is 1.81 bits per heavy atom. The van der Waals surface area contributed by atoms with Crippen LogP contribution in [0.5, 0.6) is 0 Å². The number of likely N-dealkylation sites (N-methyl/N-ethyl adjacent to an activating group) is 1. The summed E-state index contributed by atoms with van der Waals surface area (Å²) in [5, 5.41) is 14.0. The predicted molar refractivity (Wildman–Crippen MR) is 77.2 cm³/mol. The highest BCUT2D eigenvalue weighted by Crippen LogP contribution is 2.08. The molecule has 0 atom stereocenters. The van der Waals surface area contributed by atoms with Crippen LogP contribution in [0.4, 0.5) is 4.79 Å². The molecule has 0 spiro atoms. The van der Waals surface area contributed by atoms with Crippen molar-refractivity contribution in [1.29, 1.82) is 0 Å². The van der Waals surface area contributed by atoms with Gasteiger partial charge in [0, 0.05) is 20.6 Å². The first-order chi connectivity index (χ1) is 9.91. The summed E-state index contributed by atoms with van der Waals surface area (Å²) < 4.78 is 0. The standard InChI is InChI=1S/C14H19N3O4/c1-17(2)12(18)9-16-14(21)15-8-7-10-5-3-4-6-11(10)13(19)20/h3-6H,7-9H2,1-2H3,(H,19,20)(H2,15,16,21). The molecule has 0 radical (unpaired) electrons. The van der Waals surface area contributed by atoms with Gasteiger partial charge in [0.25, 0.3) is 0 Å². The van der Waals surface area contributed by atoms with Gasteiger partial charge in [0.1, 0.15) is 0 Å². The first-order valence-electron chi connectivity index (χ1n) is 6.45. The Balaban J connectivity index is 2.39. The van der Waals surface area contributed by atoms with E-state index in [0.717, 1.165) is 0 Å². The van der Waals surface area contributed by atoms with Crippen molar-refractivity contribution >= 4 is 17.9 Å². The minimum Gasteiger partial charge on any atom is -0.478 e. The maximum atomic E-state index is 11.5. The first kappa shape index (κ1) is 16.5. The zero-order valence-electron chi connectivity index (χ0n) is 12.0. The summed E-state index contributed by atoms with van der Waals surface area (Å²) in [4.78, 5) is 35.1. The molecule has 0 unspecified atom stereocenters. The molecule has 0 saturated heterocycles. The van der Waals surface area contributed by atoms with E-state index < -0.39 is 12.0 Å². The number of aromatic carboxylic acids is 1. The number of amides is 3. The largest absolute Gasteiger partial charge is 0.478 e. The Labute approximate surface area is 122 Å². The van der Waals surface area contributed by atoms with Crippen LogP contribution in [0.25, 0.3) is 0 Å². The third kappa shape index (κ3) is 5.52. The van der Waals surface area contributed by atoms with Gasteiger partial charge in [-0.25, -0.2) is 9.59 Å². The van der Waals surface area contributed by atoms with Gasteiger partial charge >= 0.3 is 12.0 Å². The molecule has 1 aromatic rings. The van der Waals surface area contributed by atoms with Crippen LogP contribution >= 0.6 is 0 Å². The summed E-state index contributed by atoms with van der Waals surface area (Å²) in [6.07, 6.45) is 0.400. The fraction of sp³-hybridized carbons (Fsp3) is 0.357. The van der Waals surface area contributed by atoms with Gasteiger partial charge in [-0.2, -0.15) is 0 Å². The molecular weight excluding hydrogens is 274 g/mol. The van der Waals surface area contributed by atoms with Crippen molar-refractivity contribution in [3.8, 4) is 0 Å². The lowest BCUT2D eigenvalue weighted by atomic mass is 10.0. The van der Waals surface area contributed by atoms with Gasteiger partial charge in [-0.15, -0.1) is 0 Å². The second-order valence-electron chi connectivity index (χ2n) is 4.61. The van der Waals surface area contributed by atoms with Crippen molar-refractivity contribution < 1.29 is 19.5 Å². The number of nitrogens with zero attached hydrogens (tertiary/aromatic N) is 1. The average Bonchev–Trinajstić information content (AvgIpc) is 2.44. The van der Waals surface area contributed by atoms with E-state index in [0.29, 0.717) is 12.0 Å². The van der Waals surface area contributed by atoms with E-state index in [4.69, 9.17) is 5.11 Å². The molecule has 7 heteroatoms. The van der Waals surface area contributed by atoms with Crippen molar-refractivity contribution in [1.82, 2.24) is 15.5 Å². The number of carbonyl (C=O) groups excluding carboxylic acids is 2. The number of carbonyl (C=O) groups is 3. The lowest BCUT2D eigenvalue weighted by molar-refractivity contribution is -0.127. The maximum absolute atomic E-state index is 11.5. The molecule has 3 N–H and O–H groups in total. The van der Waals surface area contributed by atoms with Crippen LogP contribution in [-0.4, -0.2) is 55.1 Å². The summed E-state index contributed by atoms with van der Waals surface area (Å²) in [6.45, 7) is 0.205. The van der Waals surface area contributed by atoms with Crippen LogP contribution in [0, 0.1) is 0 Å². The number of nitrogens with one attached hydrogen (secondary N) is 2. The molecule has 114 valence electrons. The quantitative estimate of drug-likeness (QED) is 0.703. The van der Waals surface area contributed by atoms with Gasteiger partial charge in [0.2, 0.25) is 5.91 Å². The average molecular weight is 293 g/mol. The van der Waals surface area contributed by atoms with E-state index in [1.807, 2.05) is 0 Å². The van der Waals surface area contributed by atoms with Gasteiger partial charge in [-0.3, -0.25) is 4.79 Å². The highest BCUT2D eigenvalue weighted by molar-refractivity contribution is 5.89. The van der Waals surface area contributed by atoms with E-state index in [2.05, 4.69) is 10.6 Å². The van der Waals surface area contributed by atoms with E-state index in [1.165, 1.54) is 11.0 Å². The Kier molecular flexibility index (Phi) is 6.19. The van der Waals surface area contributed by atoms with E-state index in [1.54, 1.807) is 32.3 Å². The zero-order chi connectivity index (χ0) is 15.8. The lowest BCUT2D eigenvalue weighted by Crippen LogP contribution is -2.42. The van der Waals surface area contributed by atoms with Crippen LogP contribution in [0.1, 0.15) is 15.9 Å². The first-order valence-corrected chi connectivity index (χ1v) is 6.45. The molecule has 21 heavy (non-hydrogen) atoms. The molecule has 0 aromatic heterocycles. The minimum absolute atomic E-state index is 0.0788. The van der Waals surface area contributed by atoms with Crippen molar-refractivity contribution in [3.63, 3.8) is 0 Å². The maximum Gasteiger partial charge on any atom is 0.335 e. The van der Waals surface area contributed by atoms with Crippen LogP contribution in [0.3, 0.4) is 0 Å². The molecule has 0 aliphatic rings. The number of carboxylic acid groups (broad SMARTS) is 1. The molecule has 0 heterocycles. The molecule has 0 aliphatic heterocycles. The highest BCUT2D eigenvalue weighted by Gasteiger charge is 2.09. The summed E-state index contributed by atoms with van der Waals surface area (Å²) in [7, 11) is 3.20. The molecule has 0 bridgehead atoms. The third-order valence-electron chi connectivity index (χ3n) is 2.83. The van der Waals surface area contributed by atoms with Gasteiger partial charge in [0.15, 0.2) is 0 Å². The van der Waals surface area contributed by atoms with Crippen LogP contribution in [0.2, 0.25) is 0 Å². The minimum atomic E-state index is -0.994. The Morgan fingerprint density at radius 3 is 2.43 bits per heavy atom. The molecule has 7 nitrogen and oxygen atoms in total. The number of urea groups is 1. The Hall–Kier alpha value is -2.57. The topological polar surface area (TPSA) is 98.7 Å². The molecular formula is C14H19N3O4. The van der Waals surface area contributed by atoms with Crippen LogP contribution < -0.4 is 10.6 Å². The van der Waals surface area contributed by atoms with E-state index in [-0.39, 0.29) is 24.6 Å². The highest BCUT2D eigenvalue weighted by atomic mass is 16.4. The van der Waals surface area contributed by atoms with E-state index >= 15 is 0 Å². The SMILES string of the molecule is CN(C)C(=O)CNC(=O)NCCc1ccccc1C(=O)O. The van der Waals surface area contributed by atoms with Crippen molar-refractivity contribution in [2.45, 2.75) is 6.42 Å². The van der Waals surface area contributed by atoms with Crippen molar-refractivity contribution in [2.75, 3.05) is 27.2 Å². The predicted octanol–water partition coefficient (Wildman–Crippen LogP) is 0.315. The van der Waals surface area contributed by atoms with Gasteiger partial charge in [-0.1, -0.05) is 18.2 Å². The summed E-state index contributed by atoms with van der Waals surface area (Å²) in [5.41, 5.74) is 0.872. The number of hydrogen-bond acceptors (Lipinski definition) is 3. The molecule has 1 rings (SSSR count). The molecule has 1 aromatic carbocycles. The molecule has 0 saturated carbocycles. The van der Waals surface area contributed by atoms with Crippen molar-refractivity contribution in [3.05, 3.63) is 35.4 Å². The lowest BCUT2D eigenvalue weighted by Gasteiger charge is -2.12. The molecule has 0 fully saturated rings. The second-order valence-corrected chi connectivity index (χ2v) is 4.61.